The first-order valence-corrected chi connectivity index (χ1v) is 8.58. The maximum atomic E-state index is 5.98. The number of benzene rings is 1. The average Bonchev–Trinajstić information content (AvgIpc) is 3.12. The quantitative estimate of drug-likeness (QED) is 0.497. The van der Waals surface area contributed by atoms with Gasteiger partial charge in [-0.05, 0) is 32.4 Å². The number of thiazole rings is 1. The number of aromatic amines is 1. The summed E-state index contributed by atoms with van der Waals surface area (Å²) in [6.07, 6.45) is 1.97. The molecule has 0 spiro atoms. The monoisotopic (exact) mass is 339 g/mol. The summed E-state index contributed by atoms with van der Waals surface area (Å²) in [6.45, 7) is 6.70. The van der Waals surface area contributed by atoms with Crippen LogP contribution in [0.15, 0.2) is 41.5 Å². The summed E-state index contributed by atoms with van der Waals surface area (Å²) < 4.78 is 0. The zero-order chi connectivity index (χ0) is 17.1. The number of anilines is 1. The lowest BCUT2D eigenvalue weighted by atomic mass is 10.1. The van der Waals surface area contributed by atoms with Gasteiger partial charge in [0.15, 0.2) is 11.1 Å². The molecule has 0 aliphatic rings. The van der Waals surface area contributed by atoms with Gasteiger partial charge in [-0.3, -0.25) is 0 Å². The summed E-state index contributed by atoms with van der Waals surface area (Å²) in [5, 5.41) is 3.84. The Kier molecular flexibility index (Phi) is 4.66. The van der Waals surface area contributed by atoms with Crippen LogP contribution in [0.3, 0.4) is 0 Å². The van der Waals surface area contributed by atoms with Gasteiger partial charge >= 0.3 is 0 Å². The second-order valence-corrected chi connectivity index (χ2v) is 7.01. The van der Waals surface area contributed by atoms with Crippen molar-refractivity contribution in [3.8, 4) is 11.3 Å². The zero-order valence-corrected chi connectivity index (χ0v) is 14.9. The highest BCUT2D eigenvalue weighted by Crippen LogP contribution is 2.30. The first-order valence-electron chi connectivity index (χ1n) is 7.76. The molecule has 3 aromatic rings. The first-order chi connectivity index (χ1) is 11.5. The molecule has 4 N–H and O–H groups in total. The number of aryl methyl sites for hydroxylation is 3. The van der Waals surface area contributed by atoms with Crippen LogP contribution in [-0.4, -0.2) is 15.9 Å². The smallest absolute Gasteiger partial charge is 0.195 e. The minimum absolute atomic E-state index is 0.376. The lowest BCUT2D eigenvalue weighted by Crippen LogP contribution is -2.22. The zero-order valence-electron chi connectivity index (χ0n) is 14.1. The van der Waals surface area contributed by atoms with Crippen LogP contribution in [0.4, 0.5) is 5.13 Å². The molecule has 24 heavy (non-hydrogen) atoms. The van der Waals surface area contributed by atoms with Crippen molar-refractivity contribution >= 4 is 22.4 Å². The topological polar surface area (TPSA) is 79.1 Å². The van der Waals surface area contributed by atoms with E-state index in [1.807, 2.05) is 13.1 Å². The SMILES string of the molecule is Cc1ccc(CN=C(N)Nc2nc(-c3c[nH]c(C)c3)c(C)s2)cc1. The van der Waals surface area contributed by atoms with E-state index in [2.05, 4.69) is 64.5 Å². The molecular weight excluding hydrogens is 318 g/mol. The largest absolute Gasteiger partial charge is 0.370 e. The third kappa shape index (κ3) is 3.83. The van der Waals surface area contributed by atoms with Crippen LogP contribution in [0.1, 0.15) is 21.7 Å². The van der Waals surface area contributed by atoms with Gasteiger partial charge in [0.2, 0.25) is 0 Å². The van der Waals surface area contributed by atoms with Crippen molar-refractivity contribution < 1.29 is 0 Å². The molecule has 0 aliphatic carbocycles. The van der Waals surface area contributed by atoms with Crippen LogP contribution in [0.5, 0.6) is 0 Å². The molecule has 2 aromatic heterocycles. The molecule has 2 heterocycles. The Labute approximate surface area is 145 Å². The van der Waals surface area contributed by atoms with Gasteiger partial charge in [0, 0.05) is 22.3 Å². The molecule has 3 rings (SSSR count). The second-order valence-electron chi connectivity index (χ2n) is 5.81. The van der Waals surface area contributed by atoms with E-state index in [0.29, 0.717) is 12.5 Å². The van der Waals surface area contributed by atoms with Crippen LogP contribution in [0, 0.1) is 20.8 Å². The third-order valence-corrected chi connectivity index (χ3v) is 4.57. The Morgan fingerprint density at radius 1 is 1.25 bits per heavy atom. The molecule has 0 radical (unpaired) electrons. The van der Waals surface area contributed by atoms with Crippen LogP contribution in [0.25, 0.3) is 11.3 Å². The van der Waals surface area contributed by atoms with Crippen LogP contribution in [-0.2, 0) is 6.54 Å². The second kappa shape index (κ2) is 6.88. The number of aromatic nitrogens is 2. The third-order valence-electron chi connectivity index (χ3n) is 3.68. The number of nitrogens with zero attached hydrogens (tertiary/aromatic N) is 2. The first kappa shape index (κ1) is 16.3. The van der Waals surface area contributed by atoms with Crippen LogP contribution >= 0.6 is 11.3 Å². The van der Waals surface area contributed by atoms with Gasteiger partial charge in [-0.2, -0.15) is 0 Å². The van der Waals surface area contributed by atoms with E-state index in [0.717, 1.165) is 32.5 Å². The number of rotatable bonds is 4. The van der Waals surface area contributed by atoms with E-state index in [9.17, 15) is 0 Å². The molecule has 1 aromatic carbocycles. The summed E-state index contributed by atoms with van der Waals surface area (Å²) in [5.74, 6) is 0.376. The number of nitrogens with two attached hydrogens (primary N) is 1. The standard InChI is InChI=1S/C18H21N5S/c1-11-4-6-14(7-5-11)9-21-17(19)23-18-22-16(13(3)24-18)15-8-12(2)20-10-15/h4-8,10,20H,9H2,1-3H3,(H3,19,21,22,23). The highest BCUT2D eigenvalue weighted by atomic mass is 32.1. The van der Waals surface area contributed by atoms with Gasteiger partial charge in [0.25, 0.3) is 0 Å². The number of hydrogen-bond donors (Lipinski definition) is 3. The number of H-pyrrole nitrogens is 1. The predicted molar refractivity (Wildman–Crippen MR) is 102 cm³/mol. The molecule has 0 unspecified atom stereocenters. The van der Waals surface area contributed by atoms with Gasteiger partial charge < -0.3 is 16.0 Å². The van der Waals surface area contributed by atoms with Gasteiger partial charge in [-0.1, -0.05) is 29.8 Å². The number of aliphatic imine (C=N–C) groups is 1. The Bertz CT molecular complexity index is 858. The molecule has 0 aliphatic heterocycles. The average molecular weight is 339 g/mol. The van der Waals surface area contributed by atoms with Crippen molar-refractivity contribution in [2.45, 2.75) is 27.3 Å². The maximum Gasteiger partial charge on any atom is 0.195 e. The van der Waals surface area contributed by atoms with Crippen molar-refractivity contribution in [1.29, 1.82) is 0 Å². The number of guanidine groups is 1. The lowest BCUT2D eigenvalue weighted by Gasteiger charge is -2.02. The molecule has 0 saturated carbocycles. The molecule has 124 valence electrons. The fraction of sp³-hybridized carbons (Fsp3) is 0.222. The Hall–Kier alpha value is -2.60. The number of nitrogens with one attached hydrogen (secondary N) is 2. The highest BCUT2D eigenvalue weighted by molar-refractivity contribution is 7.16. The van der Waals surface area contributed by atoms with Crippen molar-refractivity contribution in [2.24, 2.45) is 10.7 Å². The molecule has 6 heteroatoms. The normalized spacial score (nSPS) is 11.7. The van der Waals surface area contributed by atoms with Gasteiger partial charge in [0.1, 0.15) is 0 Å². The van der Waals surface area contributed by atoms with E-state index in [1.165, 1.54) is 5.56 Å². The maximum absolute atomic E-state index is 5.98. The summed E-state index contributed by atoms with van der Waals surface area (Å²) in [6, 6.07) is 10.4. The Morgan fingerprint density at radius 2 is 2.00 bits per heavy atom. The van der Waals surface area contributed by atoms with Crippen molar-refractivity contribution in [2.75, 3.05) is 5.32 Å². The van der Waals surface area contributed by atoms with E-state index in [4.69, 9.17) is 5.73 Å². The predicted octanol–water partition coefficient (Wildman–Crippen LogP) is 3.99. The fourth-order valence-corrected chi connectivity index (χ4v) is 3.22. The molecule has 0 fully saturated rings. The fourth-order valence-electron chi connectivity index (χ4n) is 2.38. The van der Waals surface area contributed by atoms with Crippen LogP contribution in [0.2, 0.25) is 0 Å². The minimum atomic E-state index is 0.376. The van der Waals surface area contributed by atoms with Gasteiger partial charge in [-0.25, -0.2) is 9.98 Å². The molecular formula is C18H21N5S. The van der Waals surface area contributed by atoms with Crippen LogP contribution < -0.4 is 11.1 Å². The Balaban J connectivity index is 1.69. The summed E-state index contributed by atoms with van der Waals surface area (Å²) >= 11 is 1.57. The van der Waals surface area contributed by atoms with Gasteiger partial charge in [0.05, 0.1) is 12.2 Å². The van der Waals surface area contributed by atoms with E-state index < -0.39 is 0 Å². The van der Waals surface area contributed by atoms with E-state index in [1.54, 1.807) is 11.3 Å². The van der Waals surface area contributed by atoms with Crippen molar-refractivity contribution in [3.63, 3.8) is 0 Å². The molecule has 0 atom stereocenters. The van der Waals surface area contributed by atoms with E-state index in [-0.39, 0.29) is 0 Å². The highest BCUT2D eigenvalue weighted by Gasteiger charge is 2.11. The summed E-state index contributed by atoms with van der Waals surface area (Å²) in [7, 11) is 0. The molecule has 0 saturated heterocycles. The summed E-state index contributed by atoms with van der Waals surface area (Å²) in [4.78, 5) is 13.3. The van der Waals surface area contributed by atoms with Crippen molar-refractivity contribution in [1.82, 2.24) is 9.97 Å². The molecule has 5 nitrogen and oxygen atoms in total. The summed E-state index contributed by atoms with van der Waals surface area (Å²) in [5.41, 5.74) is 11.5. The Morgan fingerprint density at radius 3 is 2.67 bits per heavy atom. The minimum Gasteiger partial charge on any atom is -0.370 e. The number of hydrogen-bond acceptors (Lipinski definition) is 3. The molecule has 0 amide bonds. The molecule has 0 bridgehead atoms. The van der Waals surface area contributed by atoms with Crippen molar-refractivity contribution in [3.05, 3.63) is 58.2 Å². The van der Waals surface area contributed by atoms with E-state index >= 15 is 0 Å². The van der Waals surface area contributed by atoms with Gasteiger partial charge in [-0.15, -0.1) is 11.3 Å². The lowest BCUT2D eigenvalue weighted by molar-refractivity contribution is 1.06.